The van der Waals surface area contributed by atoms with E-state index < -0.39 is 0 Å². The Morgan fingerprint density at radius 2 is 1.72 bits per heavy atom. The number of carbonyl (C=O) groups is 1. The number of amides is 1. The van der Waals surface area contributed by atoms with Crippen LogP contribution in [0.25, 0.3) is 0 Å². The van der Waals surface area contributed by atoms with Crippen LogP contribution in [-0.2, 0) is 9.47 Å². The van der Waals surface area contributed by atoms with E-state index in [0.717, 1.165) is 22.0 Å². The van der Waals surface area contributed by atoms with Crippen LogP contribution in [0.2, 0.25) is 0 Å². The Labute approximate surface area is 157 Å². The summed E-state index contributed by atoms with van der Waals surface area (Å²) >= 11 is 3.43. The van der Waals surface area contributed by atoms with Crippen molar-refractivity contribution < 1.29 is 14.3 Å². The molecule has 0 N–H and O–H groups in total. The van der Waals surface area contributed by atoms with Crippen molar-refractivity contribution in [2.45, 2.75) is 25.5 Å². The van der Waals surface area contributed by atoms with Crippen molar-refractivity contribution in [1.29, 1.82) is 0 Å². The van der Waals surface area contributed by atoms with E-state index in [9.17, 15) is 4.79 Å². The topological polar surface area (TPSA) is 38.8 Å². The molecule has 0 spiro atoms. The van der Waals surface area contributed by atoms with Crippen LogP contribution < -0.4 is 0 Å². The molecule has 3 rings (SSSR count). The molecule has 4 nitrogen and oxygen atoms in total. The monoisotopic (exact) mass is 405 g/mol. The third-order valence-electron chi connectivity index (χ3n) is 4.10. The third kappa shape index (κ3) is 5.31. The molecular formula is C20H24BrNO3. The SMILES string of the molecule is CC(c1ccc(Br)cc1)N1CCC(c2ccccc2)OC1=O.COC. The summed E-state index contributed by atoms with van der Waals surface area (Å²) in [4.78, 5) is 14.1. The van der Waals surface area contributed by atoms with Gasteiger partial charge in [-0.2, -0.15) is 0 Å². The summed E-state index contributed by atoms with van der Waals surface area (Å²) in [7, 11) is 3.25. The number of cyclic esters (lactones) is 1. The second kappa shape index (κ2) is 9.59. The molecule has 5 heteroatoms. The Morgan fingerprint density at radius 3 is 2.28 bits per heavy atom. The predicted molar refractivity (Wildman–Crippen MR) is 102 cm³/mol. The van der Waals surface area contributed by atoms with Crippen molar-refractivity contribution in [1.82, 2.24) is 4.90 Å². The number of benzene rings is 2. The molecule has 0 aliphatic carbocycles. The second-order valence-electron chi connectivity index (χ2n) is 5.90. The van der Waals surface area contributed by atoms with Gasteiger partial charge < -0.3 is 14.4 Å². The second-order valence-corrected chi connectivity index (χ2v) is 6.82. The minimum absolute atomic E-state index is 0.0114. The summed E-state index contributed by atoms with van der Waals surface area (Å²) < 4.78 is 10.9. The van der Waals surface area contributed by atoms with Crippen molar-refractivity contribution >= 4 is 22.0 Å². The summed E-state index contributed by atoms with van der Waals surface area (Å²) in [5.74, 6) is 0. The summed E-state index contributed by atoms with van der Waals surface area (Å²) in [6, 6.07) is 18.0. The molecule has 0 radical (unpaired) electrons. The van der Waals surface area contributed by atoms with Gasteiger partial charge in [-0.05, 0) is 30.2 Å². The van der Waals surface area contributed by atoms with Crippen molar-refractivity contribution in [3.05, 3.63) is 70.2 Å². The first-order chi connectivity index (χ1) is 12.1. The molecule has 0 bridgehead atoms. The van der Waals surface area contributed by atoms with Crippen LogP contribution in [0.15, 0.2) is 59.1 Å². The molecule has 2 atom stereocenters. The van der Waals surface area contributed by atoms with Gasteiger partial charge in [-0.15, -0.1) is 0 Å². The van der Waals surface area contributed by atoms with Crippen molar-refractivity contribution in [3.63, 3.8) is 0 Å². The van der Waals surface area contributed by atoms with Crippen LogP contribution in [0.5, 0.6) is 0 Å². The van der Waals surface area contributed by atoms with E-state index in [1.165, 1.54) is 0 Å². The molecule has 0 saturated carbocycles. The van der Waals surface area contributed by atoms with Gasteiger partial charge in [0.15, 0.2) is 0 Å². The zero-order chi connectivity index (χ0) is 18.2. The third-order valence-corrected chi connectivity index (χ3v) is 4.63. The van der Waals surface area contributed by atoms with Gasteiger partial charge in [0.2, 0.25) is 0 Å². The molecule has 1 aliphatic rings. The molecule has 1 heterocycles. The molecule has 25 heavy (non-hydrogen) atoms. The average molecular weight is 406 g/mol. The lowest BCUT2D eigenvalue weighted by molar-refractivity contribution is 0.0123. The summed E-state index contributed by atoms with van der Waals surface area (Å²) in [6.45, 7) is 2.74. The van der Waals surface area contributed by atoms with Crippen LogP contribution in [0.1, 0.15) is 36.6 Å². The van der Waals surface area contributed by atoms with Gasteiger partial charge in [-0.1, -0.05) is 58.4 Å². The highest BCUT2D eigenvalue weighted by atomic mass is 79.9. The molecule has 2 aromatic carbocycles. The van der Waals surface area contributed by atoms with E-state index in [2.05, 4.69) is 20.7 Å². The molecule has 0 aromatic heterocycles. The summed E-state index contributed by atoms with van der Waals surface area (Å²) in [6.07, 6.45) is 0.439. The van der Waals surface area contributed by atoms with Crippen molar-refractivity contribution in [2.24, 2.45) is 0 Å². The van der Waals surface area contributed by atoms with E-state index in [4.69, 9.17) is 4.74 Å². The van der Waals surface area contributed by atoms with E-state index in [1.807, 2.05) is 61.5 Å². The van der Waals surface area contributed by atoms with E-state index >= 15 is 0 Å². The van der Waals surface area contributed by atoms with Gasteiger partial charge in [0, 0.05) is 31.7 Å². The van der Waals surface area contributed by atoms with Gasteiger partial charge in [-0.25, -0.2) is 4.79 Å². The Morgan fingerprint density at radius 1 is 1.12 bits per heavy atom. The number of nitrogens with zero attached hydrogens (tertiary/aromatic N) is 1. The van der Waals surface area contributed by atoms with Gasteiger partial charge in [-0.3, -0.25) is 0 Å². The van der Waals surface area contributed by atoms with Gasteiger partial charge in [0.05, 0.1) is 6.04 Å². The highest BCUT2D eigenvalue weighted by Crippen LogP contribution is 2.31. The fourth-order valence-corrected chi connectivity index (χ4v) is 3.04. The van der Waals surface area contributed by atoms with E-state index in [1.54, 1.807) is 19.1 Å². The quantitative estimate of drug-likeness (QED) is 0.689. The number of hydrogen-bond acceptors (Lipinski definition) is 3. The fourth-order valence-electron chi connectivity index (χ4n) is 2.77. The number of rotatable bonds is 3. The zero-order valence-corrected chi connectivity index (χ0v) is 16.4. The van der Waals surface area contributed by atoms with E-state index in [-0.39, 0.29) is 18.2 Å². The molecule has 1 aliphatic heterocycles. The normalized spacial score (nSPS) is 18.0. The summed E-state index contributed by atoms with van der Waals surface area (Å²) in [5, 5.41) is 0. The molecule has 1 amide bonds. The molecule has 2 unspecified atom stereocenters. The number of methoxy groups -OCH3 is 1. The summed E-state index contributed by atoms with van der Waals surface area (Å²) in [5.41, 5.74) is 2.17. The van der Waals surface area contributed by atoms with Crippen LogP contribution in [0, 0.1) is 0 Å². The smallest absolute Gasteiger partial charge is 0.410 e. The molecule has 1 saturated heterocycles. The highest BCUT2D eigenvalue weighted by molar-refractivity contribution is 9.10. The Bertz CT molecular complexity index is 660. The van der Waals surface area contributed by atoms with Crippen molar-refractivity contribution in [2.75, 3.05) is 20.8 Å². The van der Waals surface area contributed by atoms with Crippen LogP contribution >= 0.6 is 15.9 Å². The minimum Gasteiger partial charge on any atom is -0.441 e. The van der Waals surface area contributed by atoms with Gasteiger partial charge in [0.25, 0.3) is 0 Å². The first-order valence-corrected chi connectivity index (χ1v) is 9.04. The zero-order valence-electron chi connectivity index (χ0n) is 14.8. The van der Waals surface area contributed by atoms with Crippen molar-refractivity contribution in [3.8, 4) is 0 Å². The first kappa shape index (κ1) is 19.5. The molecular weight excluding hydrogens is 382 g/mol. The lowest BCUT2D eigenvalue weighted by Crippen LogP contribution is -2.40. The largest absolute Gasteiger partial charge is 0.441 e. The standard InChI is InChI=1S/C18H18BrNO2.C2H6O/c1-13(14-7-9-16(19)10-8-14)20-12-11-17(22-18(20)21)15-5-3-2-4-6-15;1-3-2/h2-10,13,17H,11-12H2,1H3;1-2H3. The lowest BCUT2D eigenvalue weighted by Gasteiger charge is -2.36. The maximum atomic E-state index is 12.4. The maximum Gasteiger partial charge on any atom is 0.410 e. The maximum absolute atomic E-state index is 12.4. The Hall–Kier alpha value is -1.85. The minimum atomic E-state index is -0.240. The molecule has 134 valence electrons. The highest BCUT2D eigenvalue weighted by Gasteiger charge is 2.31. The van der Waals surface area contributed by atoms with Gasteiger partial charge >= 0.3 is 6.09 Å². The van der Waals surface area contributed by atoms with Gasteiger partial charge in [0.1, 0.15) is 6.10 Å². The van der Waals surface area contributed by atoms with Crippen LogP contribution in [0.4, 0.5) is 4.79 Å². The van der Waals surface area contributed by atoms with Crippen LogP contribution in [-0.4, -0.2) is 31.8 Å². The fraction of sp³-hybridized carbons (Fsp3) is 0.350. The number of hydrogen-bond donors (Lipinski definition) is 0. The lowest BCUT2D eigenvalue weighted by atomic mass is 10.0. The molecule has 2 aromatic rings. The van der Waals surface area contributed by atoms with E-state index in [0.29, 0.717) is 6.54 Å². The number of ether oxygens (including phenoxy) is 2. The predicted octanol–water partition coefficient (Wildman–Crippen LogP) is 5.36. The average Bonchev–Trinajstić information content (AvgIpc) is 2.63. The number of carbonyl (C=O) groups excluding carboxylic acids is 1. The number of halogens is 1. The van der Waals surface area contributed by atoms with Crippen LogP contribution in [0.3, 0.4) is 0 Å². The first-order valence-electron chi connectivity index (χ1n) is 8.24. The Kier molecular flexibility index (Phi) is 7.47. The molecule has 1 fully saturated rings. The Balaban J connectivity index is 0.000000701.